The Labute approximate surface area is 341 Å². The van der Waals surface area contributed by atoms with Crippen molar-refractivity contribution in [1.82, 2.24) is 0 Å². The summed E-state index contributed by atoms with van der Waals surface area (Å²) in [6.07, 6.45) is 14.0. The van der Waals surface area contributed by atoms with E-state index in [0.29, 0.717) is 0 Å². The summed E-state index contributed by atoms with van der Waals surface area (Å²) >= 11 is 0. The third-order valence-electron chi connectivity index (χ3n) is 13.5. The predicted octanol–water partition coefficient (Wildman–Crippen LogP) is 16.6. The van der Waals surface area contributed by atoms with Crippen molar-refractivity contribution < 1.29 is 0 Å². The Bertz CT molecular complexity index is 3290. The molecule has 1 atom stereocenters. The molecule has 0 bridgehead atoms. The quantitative estimate of drug-likeness (QED) is 0.157. The van der Waals surface area contributed by atoms with Gasteiger partial charge in [-0.3, -0.25) is 0 Å². The Hall–Kier alpha value is -6.20. The lowest BCUT2D eigenvalue weighted by molar-refractivity contribution is 0.651. The van der Waals surface area contributed by atoms with Crippen LogP contribution in [0.3, 0.4) is 0 Å². The van der Waals surface area contributed by atoms with Gasteiger partial charge in [-0.15, -0.1) is 0 Å². The van der Waals surface area contributed by atoms with Gasteiger partial charge in [-0.25, -0.2) is 0 Å². The van der Waals surface area contributed by atoms with Crippen molar-refractivity contribution in [3.8, 4) is 38.7 Å². The minimum absolute atomic E-state index is 0.00914. The van der Waals surface area contributed by atoms with Crippen LogP contribution in [0.15, 0.2) is 175 Å². The molecule has 0 nitrogen and oxygen atoms in total. The zero-order chi connectivity index (χ0) is 38.5. The van der Waals surface area contributed by atoms with Gasteiger partial charge in [0.25, 0.3) is 0 Å². The van der Waals surface area contributed by atoms with Crippen molar-refractivity contribution >= 4 is 62.0 Å². The van der Waals surface area contributed by atoms with Crippen molar-refractivity contribution in [3.63, 3.8) is 0 Å². The molecule has 1 unspecified atom stereocenters. The van der Waals surface area contributed by atoms with E-state index in [0.717, 1.165) is 25.7 Å². The van der Waals surface area contributed by atoms with E-state index in [1.54, 1.807) is 5.56 Å². The van der Waals surface area contributed by atoms with Gasteiger partial charge >= 0.3 is 0 Å². The molecule has 276 valence electrons. The molecule has 3 aliphatic carbocycles. The van der Waals surface area contributed by atoms with E-state index in [1.165, 1.54) is 109 Å². The normalized spacial score (nSPS) is 15.7. The first-order valence-electron chi connectivity index (χ1n) is 21.0. The van der Waals surface area contributed by atoms with E-state index in [2.05, 4.69) is 190 Å². The minimum atomic E-state index is -0.573. The fourth-order valence-electron chi connectivity index (χ4n) is 10.8. The van der Waals surface area contributed by atoms with E-state index in [9.17, 15) is 0 Å². The second-order valence-corrected chi connectivity index (χ2v) is 19.2. The predicted molar refractivity (Wildman–Crippen MR) is 252 cm³/mol. The Morgan fingerprint density at radius 1 is 0.483 bits per heavy atom. The van der Waals surface area contributed by atoms with Crippen molar-refractivity contribution in [1.29, 1.82) is 0 Å². The average molecular weight is 759 g/mol. The maximum Gasteiger partial charge on any atom is 0.0155 e. The zero-order valence-corrected chi connectivity index (χ0v) is 33.9. The molecule has 0 fully saturated rings. The van der Waals surface area contributed by atoms with E-state index < -0.39 is 7.53 Å². The highest BCUT2D eigenvalue weighted by Gasteiger charge is 2.37. The molecule has 3 aliphatic rings. The SMILES string of the molecule is CC1(C)C2=C(CCC=C2)c2cc(-c3c4ccccc4c(-c4ccc5c(c4)c4c(p5-c5ccccc5)C=CCC4)c4ccc(-c5ccc6ccccc6c5)cc34)ccc21. The van der Waals surface area contributed by atoms with E-state index in [1.807, 2.05) is 0 Å². The zero-order valence-electron chi connectivity index (χ0n) is 33.0. The van der Waals surface area contributed by atoms with Crippen LogP contribution in [-0.2, 0) is 11.8 Å². The second kappa shape index (κ2) is 12.9. The standard InChI is InChI=1S/C57H43P/c1-57(2)51-22-12-10-18-43(51)48-34-40(27-30-52(48)57)56-46-21-9-8-20-45(46)55(47-29-26-39(33-50(47)56)38-25-24-36-14-6-7-15-37(36)32-38)41-28-31-54-49(35-41)44-19-11-13-23-53(44)58(54)42-16-4-3-5-17-42/h3-9,12-17,20-35H,10-11,18-19H2,1-2H3. The molecule has 8 aromatic carbocycles. The molecule has 0 amide bonds. The van der Waals surface area contributed by atoms with Gasteiger partial charge < -0.3 is 0 Å². The number of hydrogen-bond acceptors (Lipinski definition) is 0. The number of rotatable bonds is 4. The lowest BCUT2D eigenvalue weighted by atomic mass is 9.79. The third-order valence-corrected chi connectivity index (χ3v) is 16.1. The van der Waals surface area contributed by atoms with Gasteiger partial charge in [0.05, 0.1) is 0 Å². The fraction of sp³-hybridized carbons (Fsp3) is 0.123. The summed E-state index contributed by atoms with van der Waals surface area (Å²) < 4.78 is 0. The number of allylic oxidation sites excluding steroid dienone is 5. The van der Waals surface area contributed by atoms with Gasteiger partial charge in [0.2, 0.25) is 0 Å². The summed E-state index contributed by atoms with van der Waals surface area (Å²) in [6, 6.07) is 58.1. The highest BCUT2D eigenvalue weighted by atomic mass is 31.1. The van der Waals surface area contributed by atoms with Gasteiger partial charge in [-0.2, -0.15) is 0 Å². The van der Waals surface area contributed by atoms with Gasteiger partial charge in [0, 0.05) is 15.8 Å². The molecule has 0 N–H and O–H groups in total. The van der Waals surface area contributed by atoms with Crippen LogP contribution < -0.4 is 0 Å². The molecule has 12 rings (SSSR count). The molecule has 9 aromatic rings. The first-order chi connectivity index (χ1) is 28.5. The lowest BCUT2D eigenvalue weighted by Crippen LogP contribution is -2.16. The molecular weight excluding hydrogens is 716 g/mol. The maximum atomic E-state index is 2.55. The van der Waals surface area contributed by atoms with Crippen molar-refractivity contribution in [2.45, 2.75) is 44.9 Å². The highest BCUT2D eigenvalue weighted by molar-refractivity contribution is 7.64. The van der Waals surface area contributed by atoms with Gasteiger partial charge in [0.15, 0.2) is 0 Å². The summed E-state index contributed by atoms with van der Waals surface area (Å²) in [4.78, 5) is 0. The van der Waals surface area contributed by atoms with Crippen LogP contribution >= 0.6 is 7.53 Å². The van der Waals surface area contributed by atoms with Crippen LogP contribution in [0.25, 0.3) is 93.2 Å². The average Bonchev–Trinajstić information content (AvgIpc) is 3.73. The van der Waals surface area contributed by atoms with Crippen molar-refractivity contribution in [2.75, 3.05) is 0 Å². The Morgan fingerprint density at radius 3 is 1.98 bits per heavy atom. The molecule has 0 aliphatic heterocycles. The van der Waals surface area contributed by atoms with Crippen molar-refractivity contribution in [2.24, 2.45) is 0 Å². The summed E-state index contributed by atoms with van der Waals surface area (Å²) in [6.45, 7) is 4.81. The van der Waals surface area contributed by atoms with Gasteiger partial charge in [-0.1, -0.05) is 167 Å². The first kappa shape index (κ1) is 33.9. The van der Waals surface area contributed by atoms with Gasteiger partial charge in [0.1, 0.15) is 0 Å². The fourth-order valence-corrected chi connectivity index (χ4v) is 13.5. The van der Waals surface area contributed by atoms with E-state index >= 15 is 0 Å². The number of aryl methyl sites for hydroxylation is 1. The molecule has 0 saturated heterocycles. The molecule has 1 heteroatoms. The molecular formula is C57H43P. The monoisotopic (exact) mass is 758 g/mol. The number of fused-ring (bicyclic) bond motifs is 8. The molecule has 1 heterocycles. The van der Waals surface area contributed by atoms with Crippen LogP contribution in [-0.4, -0.2) is 0 Å². The molecule has 0 saturated carbocycles. The first-order valence-corrected chi connectivity index (χ1v) is 22.3. The van der Waals surface area contributed by atoms with Crippen LogP contribution in [0, 0.1) is 0 Å². The van der Waals surface area contributed by atoms with Crippen LogP contribution in [0.1, 0.15) is 55.1 Å². The Morgan fingerprint density at radius 2 is 1.12 bits per heavy atom. The smallest absolute Gasteiger partial charge is 0.0155 e. The highest BCUT2D eigenvalue weighted by Crippen LogP contribution is 2.57. The largest absolute Gasteiger partial charge is 0.0839 e. The summed E-state index contributed by atoms with van der Waals surface area (Å²) in [5.41, 5.74) is 15.2. The Kier molecular flexibility index (Phi) is 7.54. The molecule has 0 radical (unpaired) electrons. The summed E-state index contributed by atoms with van der Waals surface area (Å²) in [5, 5.41) is 13.7. The second-order valence-electron chi connectivity index (χ2n) is 17.0. The molecule has 1 aromatic heterocycles. The molecule has 0 spiro atoms. The molecule has 58 heavy (non-hydrogen) atoms. The van der Waals surface area contributed by atoms with Crippen LogP contribution in [0.2, 0.25) is 0 Å². The summed E-state index contributed by atoms with van der Waals surface area (Å²) in [7, 11) is -0.573. The van der Waals surface area contributed by atoms with E-state index in [-0.39, 0.29) is 5.41 Å². The summed E-state index contributed by atoms with van der Waals surface area (Å²) in [5.74, 6) is 0. The van der Waals surface area contributed by atoms with Crippen LogP contribution in [0.4, 0.5) is 0 Å². The van der Waals surface area contributed by atoms with E-state index in [4.69, 9.17) is 0 Å². The Balaban J connectivity index is 1.15. The van der Waals surface area contributed by atoms with Gasteiger partial charge in [-0.05, 0) is 160 Å². The third kappa shape index (κ3) is 5.01. The lowest BCUT2D eigenvalue weighted by Gasteiger charge is -2.24. The minimum Gasteiger partial charge on any atom is -0.0839 e. The number of hydrogen-bond donors (Lipinski definition) is 0. The van der Waals surface area contributed by atoms with Crippen LogP contribution in [0.5, 0.6) is 0 Å². The topological polar surface area (TPSA) is 0 Å². The number of benzene rings is 8. The maximum absolute atomic E-state index is 2.55. The van der Waals surface area contributed by atoms with Crippen molar-refractivity contribution in [3.05, 3.63) is 197 Å².